The topological polar surface area (TPSA) is 37.8 Å². The fourth-order valence-electron chi connectivity index (χ4n) is 2.15. The van der Waals surface area contributed by atoms with Gasteiger partial charge in [0.05, 0.1) is 16.9 Å². The zero-order chi connectivity index (χ0) is 15.7. The van der Waals surface area contributed by atoms with E-state index in [1.54, 1.807) is 24.3 Å². The van der Waals surface area contributed by atoms with Crippen molar-refractivity contribution in [3.05, 3.63) is 76.6 Å². The molecule has 0 radical (unpaired) electrons. The minimum Gasteiger partial charge on any atom is -0.290 e. The number of alkyl halides is 3. The summed E-state index contributed by atoms with van der Waals surface area (Å²) in [7, 11) is 0. The molecule has 2 aromatic carbocycles. The first-order valence-corrected chi connectivity index (χ1v) is 6.50. The maximum Gasteiger partial charge on any atom is 0.416 e. The van der Waals surface area contributed by atoms with Crippen LogP contribution in [0.4, 0.5) is 13.2 Å². The third kappa shape index (κ3) is 2.67. The summed E-state index contributed by atoms with van der Waals surface area (Å²) in [5.41, 5.74) is 0.634. The molecule has 1 N–H and O–H groups in total. The average molecular weight is 304 g/mol. The van der Waals surface area contributed by atoms with Gasteiger partial charge in [0, 0.05) is 6.07 Å². The molecular weight excluding hydrogens is 293 g/mol. The predicted octanol–water partition coefficient (Wildman–Crippen LogP) is 3.85. The Hall–Kier alpha value is -2.76. The second-order valence-electron chi connectivity index (χ2n) is 4.75. The SMILES string of the molecule is O=c1cc(-c2ccc(C(F)(F)F)cc2)[nH]n1-c1ccccc1. The molecule has 3 nitrogen and oxygen atoms in total. The smallest absolute Gasteiger partial charge is 0.290 e. The molecule has 0 aliphatic carbocycles. The fraction of sp³-hybridized carbons (Fsp3) is 0.0625. The van der Waals surface area contributed by atoms with Gasteiger partial charge in [0.2, 0.25) is 0 Å². The molecule has 1 heterocycles. The van der Waals surface area contributed by atoms with Gasteiger partial charge < -0.3 is 0 Å². The number of rotatable bonds is 2. The van der Waals surface area contributed by atoms with Crippen molar-refractivity contribution < 1.29 is 13.2 Å². The van der Waals surface area contributed by atoms with E-state index in [1.807, 2.05) is 6.07 Å². The molecule has 0 spiro atoms. The van der Waals surface area contributed by atoms with E-state index in [1.165, 1.54) is 22.9 Å². The van der Waals surface area contributed by atoms with E-state index in [9.17, 15) is 18.0 Å². The number of nitrogens with one attached hydrogen (secondary N) is 1. The van der Waals surface area contributed by atoms with Gasteiger partial charge in [-0.25, -0.2) is 4.68 Å². The lowest BCUT2D eigenvalue weighted by molar-refractivity contribution is -0.137. The lowest BCUT2D eigenvalue weighted by Gasteiger charge is -2.07. The molecule has 6 heteroatoms. The summed E-state index contributed by atoms with van der Waals surface area (Å²) in [5, 5.41) is 2.90. The van der Waals surface area contributed by atoms with Crippen LogP contribution in [0.2, 0.25) is 0 Å². The third-order valence-corrected chi connectivity index (χ3v) is 3.26. The Morgan fingerprint density at radius 1 is 0.909 bits per heavy atom. The Kier molecular flexibility index (Phi) is 3.36. The van der Waals surface area contributed by atoms with Gasteiger partial charge in [-0.05, 0) is 29.8 Å². The Bertz CT molecular complexity index is 830. The number of halogens is 3. The highest BCUT2D eigenvalue weighted by Crippen LogP contribution is 2.30. The second-order valence-corrected chi connectivity index (χ2v) is 4.75. The van der Waals surface area contributed by atoms with Crippen LogP contribution in [0.5, 0.6) is 0 Å². The maximum absolute atomic E-state index is 12.5. The standard InChI is InChI=1S/C16H11F3N2O/c17-16(18,19)12-8-6-11(7-9-12)14-10-15(22)21(20-14)13-4-2-1-3-5-13/h1-10,20H. The van der Waals surface area contributed by atoms with Crippen LogP contribution < -0.4 is 5.56 Å². The molecule has 0 fully saturated rings. The van der Waals surface area contributed by atoms with Crippen molar-refractivity contribution in [1.82, 2.24) is 9.78 Å². The summed E-state index contributed by atoms with van der Waals surface area (Å²) in [4.78, 5) is 12.0. The Labute approximate surface area is 123 Å². The number of aromatic nitrogens is 2. The van der Waals surface area contributed by atoms with Crippen molar-refractivity contribution in [2.24, 2.45) is 0 Å². The van der Waals surface area contributed by atoms with E-state index in [4.69, 9.17) is 0 Å². The summed E-state index contributed by atoms with van der Waals surface area (Å²) in [6.07, 6.45) is -4.37. The molecule has 0 unspecified atom stereocenters. The van der Waals surface area contributed by atoms with Gasteiger partial charge in [-0.3, -0.25) is 9.89 Å². The zero-order valence-corrected chi connectivity index (χ0v) is 11.3. The first kappa shape index (κ1) is 14.2. The second kappa shape index (κ2) is 5.22. The number of hydrogen-bond donors (Lipinski definition) is 1. The molecular formula is C16H11F3N2O. The molecule has 0 aliphatic rings. The molecule has 1 aromatic heterocycles. The van der Waals surface area contributed by atoms with Gasteiger partial charge in [-0.1, -0.05) is 30.3 Å². The van der Waals surface area contributed by atoms with Gasteiger partial charge in [0.15, 0.2) is 0 Å². The minimum absolute atomic E-state index is 0.277. The summed E-state index contributed by atoms with van der Waals surface area (Å²) < 4.78 is 39.0. The van der Waals surface area contributed by atoms with Crippen molar-refractivity contribution in [1.29, 1.82) is 0 Å². The van der Waals surface area contributed by atoms with Gasteiger partial charge in [-0.15, -0.1) is 0 Å². The summed E-state index contributed by atoms with van der Waals surface area (Å²) in [6.45, 7) is 0. The molecule has 0 amide bonds. The largest absolute Gasteiger partial charge is 0.416 e. The van der Waals surface area contributed by atoms with Crippen LogP contribution in [0, 0.1) is 0 Å². The van der Waals surface area contributed by atoms with Crippen LogP contribution in [0.25, 0.3) is 16.9 Å². The number of H-pyrrole nitrogens is 1. The zero-order valence-electron chi connectivity index (χ0n) is 11.3. The summed E-state index contributed by atoms with van der Waals surface area (Å²) >= 11 is 0. The van der Waals surface area contributed by atoms with Crippen LogP contribution in [-0.4, -0.2) is 9.78 Å². The molecule has 3 aromatic rings. The first-order valence-electron chi connectivity index (χ1n) is 6.50. The minimum atomic E-state index is -4.37. The van der Waals surface area contributed by atoms with Gasteiger partial charge in [-0.2, -0.15) is 13.2 Å². The Morgan fingerprint density at radius 2 is 1.55 bits per heavy atom. The van der Waals surface area contributed by atoms with Crippen LogP contribution in [0.3, 0.4) is 0 Å². The molecule has 0 saturated carbocycles. The lowest BCUT2D eigenvalue weighted by Crippen LogP contribution is -2.12. The molecule has 0 bridgehead atoms. The van der Waals surface area contributed by atoms with Crippen molar-refractivity contribution in [2.45, 2.75) is 6.18 Å². The highest BCUT2D eigenvalue weighted by molar-refractivity contribution is 5.59. The first-order chi connectivity index (χ1) is 10.4. The molecule has 112 valence electrons. The highest BCUT2D eigenvalue weighted by atomic mass is 19.4. The number of aromatic amines is 1. The third-order valence-electron chi connectivity index (χ3n) is 3.26. The quantitative estimate of drug-likeness (QED) is 0.767. The van der Waals surface area contributed by atoms with Gasteiger partial charge in [0.1, 0.15) is 0 Å². The average Bonchev–Trinajstić information content (AvgIpc) is 2.89. The van der Waals surface area contributed by atoms with E-state index < -0.39 is 11.7 Å². The molecule has 0 aliphatic heterocycles. The van der Waals surface area contributed by atoms with E-state index >= 15 is 0 Å². The van der Waals surface area contributed by atoms with Crippen molar-refractivity contribution >= 4 is 0 Å². The normalized spacial score (nSPS) is 11.6. The van der Waals surface area contributed by atoms with E-state index in [0.29, 0.717) is 16.9 Å². The number of para-hydroxylation sites is 1. The van der Waals surface area contributed by atoms with Crippen LogP contribution >= 0.6 is 0 Å². The fourth-order valence-corrected chi connectivity index (χ4v) is 2.15. The van der Waals surface area contributed by atoms with E-state index in [2.05, 4.69) is 5.10 Å². The van der Waals surface area contributed by atoms with Crippen LogP contribution in [0.1, 0.15) is 5.56 Å². The monoisotopic (exact) mass is 304 g/mol. The number of hydrogen-bond acceptors (Lipinski definition) is 1. The highest BCUT2D eigenvalue weighted by Gasteiger charge is 2.30. The summed E-state index contributed by atoms with van der Waals surface area (Å²) in [5.74, 6) is 0. The van der Waals surface area contributed by atoms with E-state index in [-0.39, 0.29) is 5.56 Å². The van der Waals surface area contributed by atoms with Crippen molar-refractivity contribution in [3.8, 4) is 16.9 Å². The summed E-state index contributed by atoms with van der Waals surface area (Å²) in [6, 6.07) is 14.9. The number of benzene rings is 2. The number of nitrogens with zero attached hydrogens (tertiary/aromatic N) is 1. The van der Waals surface area contributed by atoms with Crippen LogP contribution in [0.15, 0.2) is 65.5 Å². The Balaban J connectivity index is 1.99. The van der Waals surface area contributed by atoms with Gasteiger partial charge >= 0.3 is 6.18 Å². The maximum atomic E-state index is 12.5. The molecule has 22 heavy (non-hydrogen) atoms. The van der Waals surface area contributed by atoms with Gasteiger partial charge in [0.25, 0.3) is 5.56 Å². The van der Waals surface area contributed by atoms with Crippen molar-refractivity contribution in [2.75, 3.05) is 0 Å². The molecule has 0 saturated heterocycles. The molecule has 0 atom stereocenters. The predicted molar refractivity (Wildman–Crippen MR) is 76.8 cm³/mol. The van der Waals surface area contributed by atoms with Crippen LogP contribution in [-0.2, 0) is 6.18 Å². The van der Waals surface area contributed by atoms with E-state index in [0.717, 1.165) is 12.1 Å². The molecule has 3 rings (SSSR count). The van der Waals surface area contributed by atoms with Crippen molar-refractivity contribution in [3.63, 3.8) is 0 Å². The lowest BCUT2D eigenvalue weighted by atomic mass is 10.1. The Morgan fingerprint density at radius 3 is 2.14 bits per heavy atom.